The Morgan fingerprint density at radius 3 is 2.64 bits per heavy atom. The van der Waals surface area contributed by atoms with Gasteiger partial charge in [-0.25, -0.2) is 4.98 Å². The second-order valence-corrected chi connectivity index (χ2v) is 5.73. The van der Waals surface area contributed by atoms with Gasteiger partial charge in [-0.1, -0.05) is 18.2 Å². The summed E-state index contributed by atoms with van der Waals surface area (Å²) < 4.78 is 6.24. The molecule has 2 aromatic rings. The molecule has 0 bridgehead atoms. The molecule has 1 spiro atoms. The highest BCUT2D eigenvalue weighted by Gasteiger charge is 2.48. The molecule has 2 aliphatic heterocycles. The van der Waals surface area contributed by atoms with E-state index in [1.807, 2.05) is 24.4 Å². The minimum Gasteiger partial charge on any atom is -0.485 e. The van der Waals surface area contributed by atoms with E-state index in [1.165, 1.54) is 0 Å². The summed E-state index contributed by atoms with van der Waals surface area (Å²) in [6.07, 6.45) is 7.04. The van der Waals surface area contributed by atoms with Crippen LogP contribution in [-0.2, 0) is 0 Å². The van der Waals surface area contributed by atoms with Gasteiger partial charge < -0.3 is 15.4 Å². The van der Waals surface area contributed by atoms with E-state index in [-0.39, 0.29) is 24.0 Å². The summed E-state index contributed by atoms with van der Waals surface area (Å²) in [4.78, 5) is 10.8. The molecule has 1 fully saturated rings. The van der Waals surface area contributed by atoms with E-state index in [2.05, 4.69) is 20.9 Å². The topological polar surface area (TPSA) is 64.3 Å². The van der Waals surface area contributed by atoms with Gasteiger partial charge in [0.25, 0.3) is 0 Å². The Hall–Kier alpha value is -1.85. The first-order valence-corrected chi connectivity index (χ1v) is 7.33. The van der Waals surface area contributed by atoms with Crippen LogP contribution in [0.4, 0.5) is 5.82 Å². The predicted molar refractivity (Wildman–Crippen MR) is 87.5 cm³/mol. The summed E-state index contributed by atoms with van der Waals surface area (Å²) in [5, 5.41) is 0. The predicted octanol–water partition coefficient (Wildman–Crippen LogP) is 2.33. The zero-order chi connectivity index (χ0) is 14.3. The Morgan fingerprint density at radius 1 is 1.18 bits per heavy atom. The van der Waals surface area contributed by atoms with E-state index in [0.29, 0.717) is 0 Å². The quantitative estimate of drug-likeness (QED) is 0.874. The summed E-state index contributed by atoms with van der Waals surface area (Å²) in [7, 11) is 0. The van der Waals surface area contributed by atoms with Gasteiger partial charge in [-0.3, -0.25) is 4.98 Å². The molecule has 1 unspecified atom stereocenters. The number of ether oxygens (including phenoxy) is 1. The van der Waals surface area contributed by atoms with Gasteiger partial charge in [0, 0.05) is 43.9 Å². The highest BCUT2D eigenvalue weighted by Crippen LogP contribution is 2.47. The Bertz CT molecular complexity index is 644. The van der Waals surface area contributed by atoms with Crippen LogP contribution in [0.15, 0.2) is 42.9 Å². The van der Waals surface area contributed by atoms with E-state index in [4.69, 9.17) is 10.5 Å². The molecule has 0 radical (unpaired) electrons. The number of halogens is 1. The number of hydrogen-bond donors (Lipinski definition) is 1. The minimum atomic E-state index is -0.262. The molecule has 1 saturated heterocycles. The van der Waals surface area contributed by atoms with Crippen molar-refractivity contribution in [3.8, 4) is 5.75 Å². The second kappa shape index (κ2) is 5.74. The van der Waals surface area contributed by atoms with E-state index < -0.39 is 0 Å². The lowest BCUT2D eigenvalue weighted by atomic mass is 9.83. The maximum Gasteiger partial charge on any atom is 0.147 e. The van der Waals surface area contributed by atoms with E-state index in [1.54, 1.807) is 12.4 Å². The van der Waals surface area contributed by atoms with Crippen molar-refractivity contribution in [2.45, 2.75) is 24.5 Å². The van der Waals surface area contributed by atoms with Gasteiger partial charge in [-0.05, 0) is 6.07 Å². The van der Waals surface area contributed by atoms with Gasteiger partial charge in [0.05, 0.1) is 12.2 Å². The first kappa shape index (κ1) is 15.1. The van der Waals surface area contributed by atoms with Gasteiger partial charge in [0.1, 0.15) is 17.2 Å². The highest BCUT2D eigenvalue weighted by molar-refractivity contribution is 5.85. The lowest BCUT2D eigenvalue weighted by molar-refractivity contribution is 0.0431. The second-order valence-electron chi connectivity index (χ2n) is 5.73. The molecule has 0 saturated carbocycles. The molecule has 22 heavy (non-hydrogen) atoms. The third-order valence-electron chi connectivity index (χ3n) is 4.62. The molecule has 3 heterocycles. The van der Waals surface area contributed by atoms with Crippen molar-refractivity contribution in [1.29, 1.82) is 0 Å². The van der Waals surface area contributed by atoms with Crippen LogP contribution in [0.3, 0.4) is 0 Å². The zero-order valence-electron chi connectivity index (χ0n) is 12.2. The molecule has 1 aromatic carbocycles. The van der Waals surface area contributed by atoms with Crippen LogP contribution in [0.2, 0.25) is 0 Å². The highest BCUT2D eigenvalue weighted by atomic mass is 35.5. The van der Waals surface area contributed by atoms with Crippen LogP contribution in [0.1, 0.15) is 24.4 Å². The van der Waals surface area contributed by atoms with Crippen LogP contribution in [0, 0.1) is 0 Å². The molecule has 2 N–H and O–H groups in total. The van der Waals surface area contributed by atoms with Crippen LogP contribution < -0.4 is 15.4 Å². The molecule has 116 valence electrons. The third kappa shape index (κ3) is 2.30. The van der Waals surface area contributed by atoms with Crippen molar-refractivity contribution in [3.05, 3.63) is 48.4 Å². The summed E-state index contributed by atoms with van der Waals surface area (Å²) in [6.45, 7) is 1.78. The fourth-order valence-corrected chi connectivity index (χ4v) is 3.38. The monoisotopic (exact) mass is 318 g/mol. The van der Waals surface area contributed by atoms with Crippen molar-refractivity contribution < 1.29 is 4.74 Å². The number of benzene rings is 1. The number of anilines is 1. The number of rotatable bonds is 1. The molecule has 1 aromatic heterocycles. The smallest absolute Gasteiger partial charge is 0.147 e. The first-order chi connectivity index (χ1) is 10.3. The van der Waals surface area contributed by atoms with Crippen molar-refractivity contribution >= 4 is 18.2 Å². The molecule has 5 nitrogen and oxygen atoms in total. The number of fused-ring (bicyclic) bond motifs is 1. The maximum absolute atomic E-state index is 6.47. The van der Waals surface area contributed by atoms with E-state index in [0.717, 1.165) is 43.1 Å². The number of nitrogens with zero attached hydrogens (tertiary/aromatic N) is 3. The van der Waals surface area contributed by atoms with Gasteiger partial charge in [0.2, 0.25) is 0 Å². The number of nitrogens with two attached hydrogens (primary N) is 1. The molecule has 1 atom stereocenters. The summed E-state index contributed by atoms with van der Waals surface area (Å²) in [6, 6.07) is 8.07. The number of para-hydroxylation sites is 1. The van der Waals surface area contributed by atoms with Crippen LogP contribution in [0.5, 0.6) is 5.75 Å². The average molecular weight is 319 g/mol. The minimum absolute atomic E-state index is 0. The molecule has 2 aliphatic rings. The summed E-state index contributed by atoms with van der Waals surface area (Å²) in [5.41, 5.74) is 7.34. The van der Waals surface area contributed by atoms with Crippen LogP contribution in [0.25, 0.3) is 0 Å². The molecule has 0 aliphatic carbocycles. The zero-order valence-corrected chi connectivity index (χ0v) is 13.0. The van der Waals surface area contributed by atoms with Crippen molar-refractivity contribution in [3.63, 3.8) is 0 Å². The van der Waals surface area contributed by atoms with Crippen LogP contribution >= 0.6 is 12.4 Å². The Kier molecular flexibility index (Phi) is 3.93. The molecular formula is C16H19ClN4O. The lowest BCUT2D eigenvalue weighted by Crippen LogP contribution is -2.51. The molecule has 6 heteroatoms. The third-order valence-corrected chi connectivity index (χ3v) is 4.62. The Morgan fingerprint density at radius 2 is 1.95 bits per heavy atom. The maximum atomic E-state index is 6.47. The van der Waals surface area contributed by atoms with E-state index >= 15 is 0 Å². The van der Waals surface area contributed by atoms with Crippen LogP contribution in [-0.4, -0.2) is 28.7 Å². The fraction of sp³-hybridized carbons (Fsp3) is 0.375. The van der Waals surface area contributed by atoms with Gasteiger partial charge in [0.15, 0.2) is 0 Å². The molecule has 0 amide bonds. The normalized spacial score (nSPS) is 21.9. The lowest BCUT2D eigenvalue weighted by Gasteiger charge is -2.41. The number of hydrogen-bond acceptors (Lipinski definition) is 5. The Balaban J connectivity index is 0.00000144. The fourth-order valence-electron chi connectivity index (χ4n) is 3.38. The SMILES string of the molecule is Cl.NC1c2ccccc2OC12CCN(c1cnccn1)CC2. The Labute approximate surface area is 135 Å². The molecule has 4 rings (SSSR count). The summed E-state index contributed by atoms with van der Waals surface area (Å²) >= 11 is 0. The largest absolute Gasteiger partial charge is 0.485 e. The van der Waals surface area contributed by atoms with Crippen molar-refractivity contribution in [2.24, 2.45) is 5.73 Å². The average Bonchev–Trinajstić information content (AvgIpc) is 2.82. The molecular weight excluding hydrogens is 300 g/mol. The first-order valence-electron chi connectivity index (χ1n) is 7.33. The summed E-state index contributed by atoms with van der Waals surface area (Å²) in [5.74, 6) is 1.87. The number of aromatic nitrogens is 2. The van der Waals surface area contributed by atoms with E-state index in [9.17, 15) is 0 Å². The number of piperidine rings is 1. The van der Waals surface area contributed by atoms with Gasteiger partial charge >= 0.3 is 0 Å². The standard InChI is InChI=1S/C16H18N4O.ClH/c17-15-12-3-1-2-4-13(12)21-16(15)5-9-20(10-6-16)14-11-18-7-8-19-14;/h1-4,7-8,11,15H,5-6,9-10,17H2;1H. The van der Waals surface area contributed by atoms with Gasteiger partial charge in [-0.2, -0.15) is 0 Å². The van der Waals surface area contributed by atoms with Gasteiger partial charge in [-0.15, -0.1) is 12.4 Å². The van der Waals surface area contributed by atoms with Crippen molar-refractivity contribution in [1.82, 2.24) is 9.97 Å². The van der Waals surface area contributed by atoms with Crippen molar-refractivity contribution in [2.75, 3.05) is 18.0 Å².